The van der Waals surface area contributed by atoms with Crippen LogP contribution in [0.15, 0.2) is 51.7 Å². The zero-order chi connectivity index (χ0) is 13.7. The molecular weight excluding hydrogens is 320 g/mol. The first-order valence-corrected chi connectivity index (χ1v) is 6.87. The van der Waals surface area contributed by atoms with Gasteiger partial charge in [0.15, 0.2) is 0 Å². The van der Waals surface area contributed by atoms with Crippen molar-refractivity contribution < 1.29 is 0 Å². The van der Waals surface area contributed by atoms with Crippen molar-refractivity contribution in [1.29, 1.82) is 0 Å². The molecule has 0 bridgehead atoms. The van der Waals surface area contributed by atoms with Gasteiger partial charge in [-0.2, -0.15) is 0 Å². The number of rotatable bonds is 1. The number of para-hydroxylation sites is 2. The van der Waals surface area contributed by atoms with Crippen LogP contribution in [0.2, 0.25) is 0 Å². The first-order chi connectivity index (χ1) is 9.72. The molecule has 2 aromatic carbocycles. The highest BCUT2D eigenvalue weighted by Crippen LogP contribution is 2.20. The first-order valence-electron chi connectivity index (χ1n) is 6.08. The van der Waals surface area contributed by atoms with Crippen molar-refractivity contribution in [1.82, 2.24) is 19.5 Å². The topological polar surface area (TPSA) is 66.5 Å². The fourth-order valence-corrected chi connectivity index (χ4v) is 2.70. The average molecular weight is 329 g/mol. The fourth-order valence-electron chi connectivity index (χ4n) is 2.34. The van der Waals surface area contributed by atoms with Crippen LogP contribution in [0.4, 0.5) is 0 Å². The number of fused-ring (bicyclic) bond motifs is 2. The molecule has 0 saturated carbocycles. The molecule has 0 amide bonds. The fraction of sp³-hybridized carbons (Fsp3) is 0. The van der Waals surface area contributed by atoms with Crippen molar-refractivity contribution >= 4 is 38.0 Å². The number of H-pyrrole nitrogens is 2. The van der Waals surface area contributed by atoms with Crippen LogP contribution in [0.1, 0.15) is 0 Å². The Morgan fingerprint density at radius 3 is 2.80 bits per heavy atom. The second-order valence-electron chi connectivity index (χ2n) is 4.50. The number of benzene rings is 2. The van der Waals surface area contributed by atoms with Gasteiger partial charge in [0.2, 0.25) is 5.95 Å². The number of imidazole rings is 2. The second-order valence-corrected chi connectivity index (χ2v) is 5.42. The van der Waals surface area contributed by atoms with E-state index >= 15 is 0 Å². The Hall–Kier alpha value is -2.34. The van der Waals surface area contributed by atoms with Gasteiger partial charge in [0.05, 0.1) is 22.1 Å². The molecule has 6 heteroatoms. The smallest absolute Gasteiger partial charge is 0.323 e. The predicted molar refractivity (Wildman–Crippen MR) is 81.2 cm³/mol. The molecular formula is C14H9BrN4O. The number of nitrogens with zero attached hydrogens (tertiary/aromatic N) is 2. The highest BCUT2D eigenvalue weighted by molar-refractivity contribution is 9.10. The SMILES string of the molecule is O=c1[nH]c2ccccc2n1-c1nc2ccc(Br)cc2[nH]1. The van der Waals surface area contributed by atoms with Crippen molar-refractivity contribution in [2.75, 3.05) is 0 Å². The molecule has 4 rings (SSSR count). The van der Waals surface area contributed by atoms with Crippen molar-refractivity contribution in [2.45, 2.75) is 0 Å². The Morgan fingerprint density at radius 1 is 1.05 bits per heavy atom. The number of hydrogen-bond acceptors (Lipinski definition) is 2. The maximum absolute atomic E-state index is 12.1. The standard InChI is InChI=1S/C14H9BrN4O/c15-8-5-6-9-11(7-8)17-13(16-9)19-12-4-2-1-3-10(12)18-14(19)20/h1-7H,(H,16,17)(H,18,20). The minimum atomic E-state index is -0.204. The zero-order valence-electron chi connectivity index (χ0n) is 10.2. The average Bonchev–Trinajstić information content (AvgIpc) is 2.97. The van der Waals surface area contributed by atoms with Crippen LogP contribution in [0, 0.1) is 0 Å². The van der Waals surface area contributed by atoms with E-state index in [2.05, 4.69) is 30.9 Å². The van der Waals surface area contributed by atoms with E-state index in [4.69, 9.17) is 0 Å². The third-order valence-electron chi connectivity index (χ3n) is 3.23. The third-order valence-corrected chi connectivity index (χ3v) is 3.73. The molecule has 0 aliphatic rings. The van der Waals surface area contributed by atoms with E-state index in [1.807, 2.05) is 42.5 Å². The molecule has 2 heterocycles. The summed E-state index contributed by atoms with van der Waals surface area (Å²) in [5, 5.41) is 0. The molecule has 0 fully saturated rings. The largest absolute Gasteiger partial charge is 0.333 e. The molecule has 0 atom stereocenters. The van der Waals surface area contributed by atoms with Gasteiger partial charge in [0, 0.05) is 4.47 Å². The zero-order valence-corrected chi connectivity index (χ0v) is 11.8. The van der Waals surface area contributed by atoms with E-state index in [0.29, 0.717) is 5.95 Å². The summed E-state index contributed by atoms with van der Waals surface area (Å²) >= 11 is 3.42. The molecule has 0 radical (unpaired) electrons. The molecule has 0 saturated heterocycles. The van der Waals surface area contributed by atoms with E-state index in [0.717, 1.165) is 26.5 Å². The molecule has 20 heavy (non-hydrogen) atoms. The maximum atomic E-state index is 12.1. The molecule has 0 aliphatic carbocycles. The Morgan fingerprint density at radius 2 is 1.90 bits per heavy atom. The monoisotopic (exact) mass is 328 g/mol. The Kier molecular flexibility index (Phi) is 2.34. The summed E-state index contributed by atoms with van der Waals surface area (Å²) in [5.74, 6) is 0.514. The van der Waals surface area contributed by atoms with Crippen LogP contribution in [-0.4, -0.2) is 19.5 Å². The normalized spacial score (nSPS) is 11.4. The molecule has 2 aromatic heterocycles. The number of aromatic amines is 2. The predicted octanol–water partition coefficient (Wildman–Crippen LogP) is 2.96. The van der Waals surface area contributed by atoms with Gasteiger partial charge in [-0.3, -0.25) is 0 Å². The van der Waals surface area contributed by atoms with Crippen LogP contribution in [0.3, 0.4) is 0 Å². The lowest BCUT2D eigenvalue weighted by molar-refractivity contribution is 0.944. The van der Waals surface area contributed by atoms with Gasteiger partial charge in [-0.1, -0.05) is 28.1 Å². The summed E-state index contributed by atoms with van der Waals surface area (Å²) in [7, 11) is 0. The third kappa shape index (κ3) is 1.61. The van der Waals surface area contributed by atoms with Gasteiger partial charge < -0.3 is 9.97 Å². The maximum Gasteiger partial charge on any atom is 0.333 e. The lowest BCUT2D eigenvalue weighted by atomic mass is 10.3. The van der Waals surface area contributed by atoms with Crippen molar-refractivity contribution in [2.24, 2.45) is 0 Å². The van der Waals surface area contributed by atoms with E-state index in [1.54, 1.807) is 4.57 Å². The summed E-state index contributed by atoms with van der Waals surface area (Å²) < 4.78 is 2.51. The second kappa shape index (κ2) is 4.08. The molecule has 0 aliphatic heterocycles. The summed E-state index contributed by atoms with van der Waals surface area (Å²) in [6.45, 7) is 0. The first kappa shape index (κ1) is 11.5. The molecule has 2 N–H and O–H groups in total. The number of hydrogen-bond donors (Lipinski definition) is 2. The van der Waals surface area contributed by atoms with E-state index in [1.165, 1.54) is 0 Å². The lowest BCUT2D eigenvalue weighted by Crippen LogP contribution is -2.15. The van der Waals surface area contributed by atoms with E-state index in [9.17, 15) is 4.79 Å². The van der Waals surface area contributed by atoms with Crippen LogP contribution in [0.25, 0.3) is 28.0 Å². The minimum Gasteiger partial charge on any atom is -0.323 e. The van der Waals surface area contributed by atoms with Crippen molar-refractivity contribution in [3.63, 3.8) is 0 Å². The van der Waals surface area contributed by atoms with Gasteiger partial charge in [0.25, 0.3) is 0 Å². The van der Waals surface area contributed by atoms with Crippen LogP contribution < -0.4 is 5.69 Å². The quantitative estimate of drug-likeness (QED) is 0.564. The van der Waals surface area contributed by atoms with Crippen molar-refractivity contribution in [3.05, 3.63) is 57.4 Å². The van der Waals surface area contributed by atoms with Gasteiger partial charge in [-0.15, -0.1) is 0 Å². The van der Waals surface area contributed by atoms with Gasteiger partial charge in [-0.25, -0.2) is 14.3 Å². The molecule has 0 spiro atoms. The summed E-state index contributed by atoms with van der Waals surface area (Å²) in [6.07, 6.45) is 0. The lowest BCUT2D eigenvalue weighted by Gasteiger charge is -1.96. The molecule has 5 nitrogen and oxygen atoms in total. The summed E-state index contributed by atoms with van der Waals surface area (Å²) in [6, 6.07) is 13.3. The van der Waals surface area contributed by atoms with E-state index in [-0.39, 0.29) is 5.69 Å². The van der Waals surface area contributed by atoms with Gasteiger partial charge in [-0.05, 0) is 30.3 Å². The van der Waals surface area contributed by atoms with Crippen LogP contribution in [0.5, 0.6) is 0 Å². The molecule has 4 aromatic rings. The van der Waals surface area contributed by atoms with Crippen LogP contribution >= 0.6 is 15.9 Å². The van der Waals surface area contributed by atoms with Gasteiger partial charge >= 0.3 is 5.69 Å². The Bertz CT molecular complexity index is 995. The Balaban J connectivity index is 2.06. The van der Waals surface area contributed by atoms with E-state index < -0.39 is 0 Å². The number of nitrogens with one attached hydrogen (secondary N) is 2. The highest BCUT2D eigenvalue weighted by Gasteiger charge is 2.12. The summed E-state index contributed by atoms with van der Waals surface area (Å²) in [5.41, 5.74) is 3.09. The van der Waals surface area contributed by atoms with Gasteiger partial charge in [0.1, 0.15) is 0 Å². The van der Waals surface area contributed by atoms with Crippen LogP contribution in [-0.2, 0) is 0 Å². The minimum absolute atomic E-state index is 0.204. The molecule has 0 unspecified atom stereocenters. The highest BCUT2D eigenvalue weighted by atomic mass is 79.9. The van der Waals surface area contributed by atoms with Crippen molar-refractivity contribution in [3.8, 4) is 5.95 Å². The Labute approximate surface area is 121 Å². The number of halogens is 1. The summed E-state index contributed by atoms with van der Waals surface area (Å²) in [4.78, 5) is 22.6. The number of aromatic nitrogens is 4. The molecule has 98 valence electrons.